The average molecular weight is 285 g/mol. The highest BCUT2D eigenvalue weighted by Gasteiger charge is 2.37. The third-order valence-corrected chi connectivity index (χ3v) is 3.81. The van der Waals surface area contributed by atoms with Crippen LogP contribution in [0.5, 0.6) is 0 Å². The van der Waals surface area contributed by atoms with Crippen molar-refractivity contribution in [3.8, 4) is 0 Å². The molecule has 1 heterocycles. The summed E-state index contributed by atoms with van der Waals surface area (Å²) in [6.45, 7) is 4.78. The molecule has 1 fully saturated rings. The zero-order valence-electron chi connectivity index (χ0n) is 11.5. The Bertz CT molecular complexity index is 535. The van der Waals surface area contributed by atoms with Crippen LogP contribution in [0.1, 0.15) is 37.8 Å². The van der Waals surface area contributed by atoms with E-state index in [2.05, 4.69) is 0 Å². The molecular formula is C14H18F3N3. The molecule has 0 amide bonds. The van der Waals surface area contributed by atoms with Crippen molar-refractivity contribution in [1.82, 2.24) is 0 Å². The molecule has 1 aliphatic rings. The van der Waals surface area contributed by atoms with E-state index in [1.807, 2.05) is 18.7 Å². The summed E-state index contributed by atoms with van der Waals surface area (Å²) in [6, 6.07) is 4.00. The quantitative estimate of drug-likeness (QED) is 0.646. The number of halogens is 3. The Balaban J connectivity index is 2.50. The first-order chi connectivity index (χ1) is 9.13. The van der Waals surface area contributed by atoms with E-state index in [9.17, 15) is 13.2 Å². The van der Waals surface area contributed by atoms with Crippen molar-refractivity contribution in [2.75, 3.05) is 11.4 Å². The van der Waals surface area contributed by atoms with E-state index in [4.69, 9.17) is 11.1 Å². The number of nitrogen functional groups attached to an aromatic ring is 1. The lowest BCUT2D eigenvalue weighted by atomic mass is 10.00. The maximum atomic E-state index is 13.1. The number of nitrogens with zero attached hydrogens (tertiary/aromatic N) is 1. The van der Waals surface area contributed by atoms with Crippen LogP contribution in [0.15, 0.2) is 18.2 Å². The fourth-order valence-corrected chi connectivity index (χ4v) is 2.76. The normalized spacial score (nSPS) is 18.4. The third-order valence-electron chi connectivity index (χ3n) is 3.81. The van der Waals surface area contributed by atoms with Crippen LogP contribution in [0.4, 0.5) is 18.9 Å². The summed E-state index contributed by atoms with van der Waals surface area (Å²) in [5, 5.41) is 7.28. The van der Waals surface area contributed by atoms with Gasteiger partial charge in [0.05, 0.1) is 5.56 Å². The van der Waals surface area contributed by atoms with Gasteiger partial charge in [0.2, 0.25) is 0 Å². The van der Waals surface area contributed by atoms with Gasteiger partial charge in [0.15, 0.2) is 0 Å². The monoisotopic (exact) mass is 285 g/mol. The van der Waals surface area contributed by atoms with Gasteiger partial charge in [-0.15, -0.1) is 0 Å². The number of hydrogen-bond acceptors (Lipinski definition) is 2. The summed E-state index contributed by atoms with van der Waals surface area (Å²) < 4.78 is 39.3. The van der Waals surface area contributed by atoms with Crippen LogP contribution in [-0.4, -0.2) is 17.9 Å². The van der Waals surface area contributed by atoms with Crippen molar-refractivity contribution >= 4 is 11.5 Å². The molecule has 6 heteroatoms. The van der Waals surface area contributed by atoms with E-state index in [0.717, 1.165) is 25.5 Å². The van der Waals surface area contributed by atoms with Crippen molar-refractivity contribution in [1.29, 1.82) is 5.41 Å². The molecule has 0 radical (unpaired) electrons. The van der Waals surface area contributed by atoms with Gasteiger partial charge in [-0.05, 0) is 44.9 Å². The zero-order valence-corrected chi connectivity index (χ0v) is 11.5. The first-order valence-corrected chi connectivity index (χ1v) is 6.46. The highest BCUT2D eigenvalue weighted by atomic mass is 19.4. The molecule has 2 rings (SSSR count). The largest absolute Gasteiger partial charge is 0.417 e. The second-order valence-corrected chi connectivity index (χ2v) is 5.71. The fraction of sp³-hybridized carbons (Fsp3) is 0.500. The summed E-state index contributed by atoms with van der Waals surface area (Å²) in [5.74, 6) is -0.565. The second-order valence-electron chi connectivity index (χ2n) is 5.71. The topological polar surface area (TPSA) is 53.1 Å². The SMILES string of the molecule is CC1(C)CCCN1c1ccc(C(=N)N)c(C(F)(F)F)c1. The fourth-order valence-electron chi connectivity index (χ4n) is 2.76. The summed E-state index contributed by atoms with van der Waals surface area (Å²) in [5.41, 5.74) is 4.51. The first-order valence-electron chi connectivity index (χ1n) is 6.46. The van der Waals surface area contributed by atoms with Crippen LogP contribution in [0.3, 0.4) is 0 Å². The minimum atomic E-state index is -4.51. The lowest BCUT2D eigenvalue weighted by Gasteiger charge is -2.34. The molecule has 3 nitrogen and oxygen atoms in total. The average Bonchev–Trinajstić information content (AvgIpc) is 2.67. The molecule has 0 spiro atoms. The minimum absolute atomic E-state index is 0.152. The predicted octanol–water partition coefficient (Wildman–Crippen LogP) is 3.37. The molecule has 3 N–H and O–H groups in total. The number of alkyl halides is 3. The number of rotatable bonds is 2. The maximum Gasteiger partial charge on any atom is 0.417 e. The highest BCUT2D eigenvalue weighted by Crippen LogP contribution is 2.38. The lowest BCUT2D eigenvalue weighted by molar-refractivity contribution is -0.137. The van der Waals surface area contributed by atoms with E-state index < -0.39 is 17.6 Å². The number of benzene rings is 1. The second kappa shape index (κ2) is 4.68. The smallest absolute Gasteiger partial charge is 0.384 e. The molecule has 0 saturated carbocycles. The number of nitrogens with one attached hydrogen (secondary N) is 1. The van der Waals surface area contributed by atoms with Gasteiger partial charge < -0.3 is 10.6 Å². The van der Waals surface area contributed by atoms with Gasteiger partial charge in [0, 0.05) is 23.3 Å². The van der Waals surface area contributed by atoms with Crippen LogP contribution >= 0.6 is 0 Å². The minimum Gasteiger partial charge on any atom is -0.384 e. The van der Waals surface area contributed by atoms with Crippen LogP contribution in [0.2, 0.25) is 0 Å². The Morgan fingerprint density at radius 3 is 2.45 bits per heavy atom. The summed E-state index contributed by atoms with van der Waals surface area (Å²) in [7, 11) is 0. The Kier molecular flexibility index (Phi) is 3.44. The van der Waals surface area contributed by atoms with Crippen molar-refractivity contribution in [3.05, 3.63) is 29.3 Å². The summed E-state index contributed by atoms with van der Waals surface area (Å²) in [4.78, 5) is 1.98. The Hall–Kier alpha value is -1.72. The Labute approximate surface area is 116 Å². The van der Waals surface area contributed by atoms with Crippen LogP contribution in [-0.2, 0) is 6.18 Å². The zero-order chi connectivity index (χ0) is 15.1. The predicted molar refractivity (Wildman–Crippen MR) is 73.1 cm³/mol. The van der Waals surface area contributed by atoms with E-state index in [1.165, 1.54) is 6.07 Å². The highest BCUT2D eigenvalue weighted by molar-refractivity contribution is 5.97. The summed E-state index contributed by atoms with van der Waals surface area (Å²) >= 11 is 0. The molecule has 1 aliphatic heterocycles. The lowest BCUT2D eigenvalue weighted by Crippen LogP contribution is -2.38. The van der Waals surface area contributed by atoms with Crippen molar-refractivity contribution in [3.63, 3.8) is 0 Å². The van der Waals surface area contributed by atoms with Crippen molar-refractivity contribution < 1.29 is 13.2 Å². The number of amidine groups is 1. The molecule has 1 aromatic rings. The van der Waals surface area contributed by atoms with Gasteiger partial charge in [0.1, 0.15) is 5.84 Å². The molecule has 110 valence electrons. The molecular weight excluding hydrogens is 267 g/mol. The maximum absolute atomic E-state index is 13.1. The first kappa shape index (κ1) is 14.7. The van der Waals surface area contributed by atoms with Gasteiger partial charge in [-0.3, -0.25) is 5.41 Å². The van der Waals surface area contributed by atoms with Crippen molar-refractivity contribution in [2.24, 2.45) is 5.73 Å². The molecule has 0 bridgehead atoms. The van der Waals surface area contributed by atoms with E-state index in [-0.39, 0.29) is 11.1 Å². The van der Waals surface area contributed by atoms with E-state index in [0.29, 0.717) is 5.69 Å². The molecule has 1 saturated heterocycles. The Morgan fingerprint density at radius 1 is 1.35 bits per heavy atom. The van der Waals surface area contributed by atoms with Crippen molar-refractivity contribution in [2.45, 2.75) is 38.4 Å². The molecule has 0 unspecified atom stereocenters. The van der Waals surface area contributed by atoms with Gasteiger partial charge in [-0.1, -0.05) is 0 Å². The van der Waals surface area contributed by atoms with E-state index >= 15 is 0 Å². The van der Waals surface area contributed by atoms with Gasteiger partial charge in [0.25, 0.3) is 0 Å². The van der Waals surface area contributed by atoms with Crippen LogP contribution in [0.25, 0.3) is 0 Å². The third kappa shape index (κ3) is 2.59. The number of hydrogen-bond donors (Lipinski definition) is 2. The Morgan fingerprint density at radius 2 is 2.00 bits per heavy atom. The number of anilines is 1. The molecule has 20 heavy (non-hydrogen) atoms. The van der Waals surface area contributed by atoms with Gasteiger partial charge >= 0.3 is 6.18 Å². The molecule has 0 aromatic heterocycles. The molecule has 0 atom stereocenters. The van der Waals surface area contributed by atoms with Crippen LogP contribution < -0.4 is 10.6 Å². The standard InChI is InChI=1S/C14H18F3N3/c1-13(2)6-3-7-20(13)9-4-5-10(12(18)19)11(8-9)14(15,16)17/h4-5,8H,3,6-7H2,1-2H3,(H3,18,19). The molecule has 1 aromatic carbocycles. The number of nitrogens with two attached hydrogens (primary N) is 1. The molecule has 0 aliphatic carbocycles. The van der Waals surface area contributed by atoms with Gasteiger partial charge in [-0.2, -0.15) is 13.2 Å². The van der Waals surface area contributed by atoms with E-state index in [1.54, 1.807) is 6.07 Å². The van der Waals surface area contributed by atoms with Crippen LogP contribution in [0, 0.1) is 5.41 Å². The van der Waals surface area contributed by atoms with Gasteiger partial charge in [-0.25, -0.2) is 0 Å². The summed E-state index contributed by atoms with van der Waals surface area (Å²) in [6.07, 6.45) is -2.60.